The Morgan fingerprint density at radius 3 is 2.14 bits per heavy atom. The summed E-state index contributed by atoms with van der Waals surface area (Å²) in [6, 6.07) is 28.2. The molecule has 182 valence electrons. The van der Waals surface area contributed by atoms with Gasteiger partial charge in [-0.1, -0.05) is 84.1 Å². The summed E-state index contributed by atoms with van der Waals surface area (Å²) >= 11 is 1.59. The Bertz CT molecular complexity index is 1140. The molecule has 1 aromatic heterocycles. The van der Waals surface area contributed by atoms with Crippen molar-refractivity contribution in [1.82, 2.24) is 9.88 Å². The van der Waals surface area contributed by atoms with Gasteiger partial charge in [0.2, 0.25) is 5.91 Å². The van der Waals surface area contributed by atoms with E-state index in [4.69, 9.17) is 9.72 Å². The zero-order valence-corrected chi connectivity index (χ0v) is 21.2. The van der Waals surface area contributed by atoms with Crippen molar-refractivity contribution < 1.29 is 9.53 Å². The summed E-state index contributed by atoms with van der Waals surface area (Å²) in [6.45, 7) is 5.04. The standard InChI is InChI=1S/C28H29N3O2S.ClH/c32-27(26(22-10-3-1-4-11-22)23-12-5-2-6-13-23)31(17-9-16-30-18-20-33-21-19-30)28-29-24-14-7-8-15-25(24)34-28;/h1-8,10-15,26H,9,16-21H2;1H. The lowest BCUT2D eigenvalue weighted by Crippen LogP contribution is -2.40. The van der Waals surface area contributed by atoms with Crippen LogP contribution in [0, 0.1) is 0 Å². The van der Waals surface area contributed by atoms with Crippen LogP contribution in [-0.2, 0) is 9.53 Å². The van der Waals surface area contributed by atoms with E-state index in [9.17, 15) is 4.79 Å². The predicted octanol–water partition coefficient (Wildman–Crippen LogP) is 5.61. The molecule has 1 saturated heterocycles. The highest BCUT2D eigenvalue weighted by Gasteiger charge is 2.30. The fourth-order valence-electron chi connectivity index (χ4n) is 4.48. The van der Waals surface area contributed by atoms with E-state index in [2.05, 4.69) is 11.0 Å². The molecule has 1 aliphatic heterocycles. The number of carbonyl (C=O) groups excluding carboxylic acids is 1. The lowest BCUT2D eigenvalue weighted by atomic mass is 9.90. The van der Waals surface area contributed by atoms with Crippen molar-refractivity contribution in [1.29, 1.82) is 0 Å². The van der Waals surface area contributed by atoms with E-state index < -0.39 is 0 Å². The number of ether oxygens (including phenoxy) is 1. The molecule has 0 spiro atoms. The van der Waals surface area contributed by atoms with Crippen molar-refractivity contribution in [2.75, 3.05) is 44.3 Å². The van der Waals surface area contributed by atoms with E-state index in [0.29, 0.717) is 6.54 Å². The van der Waals surface area contributed by atoms with Crippen LogP contribution in [-0.4, -0.2) is 55.2 Å². The molecule has 4 aromatic rings. The van der Waals surface area contributed by atoms with Crippen LogP contribution in [0.4, 0.5) is 5.13 Å². The van der Waals surface area contributed by atoms with E-state index in [1.54, 1.807) is 11.3 Å². The van der Waals surface area contributed by atoms with Crippen molar-refractivity contribution in [3.8, 4) is 0 Å². The van der Waals surface area contributed by atoms with Gasteiger partial charge < -0.3 is 4.74 Å². The Morgan fingerprint density at radius 1 is 0.914 bits per heavy atom. The number of para-hydroxylation sites is 1. The summed E-state index contributed by atoms with van der Waals surface area (Å²) in [6.07, 6.45) is 0.887. The van der Waals surface area contributed by atoms with Crippen molar-refractivity contribution in [2.24, 2.45) is 0 Å². The molecule has 0 N–H and O–H groups in total. The molecule has 1 fully saturated rings. The van der Waals surface area contributed by atoms with E-state index >= 15 is 0 Å². The van der Waals surface area contributed by atoms with Gasteiger partial charge >= 0.3 is 0 Å². The first-order valence-corrected chi connectivity index (χ1v) is 12.7. The third kappa shape index (κ3) is 6.08. The van der Waals surface area contributed by atoms with Crippen LogP contribution < -0.4 is 4.90 Å². The van der Waals surface area contributed by atoms with Crippen LogP contribution in [0.25, 0.3) is 10.2 Å². The van der Waals surface area contributed by atoms with Gasteiger partial charge in [-0.25, -0.2) is 4.98 Å². The normalized spacial score (nSPS) is 14.1. The highest BCUT2D eigenvalue weighted by Crippen LogP contribution is 2.33. The molecule has 2 heterocycles. The Balaban J connectivity index is 0.00000289. The molecule has 5 rings (SSSR count). The number of thiazole rings is 1. The molecule has 0 atom stereocenters. The molecular formula is C28H30ClN3O2S. The number of hydrogen-bond donors (Lipinski definition) is 0. The SMILES string of the molecule is Cl.O=C(C(c1ccccc1)c1ccccc1)N(CCCN1CCOCC1)c1nc2ccccc2s1. The summed E-state index contributed by atoms with van der Waals surface area (Å²) in [5, 5.41) is 0.769. The number of morpholine rings is 1. The number of fused-ring (bicyclic) bond motifs is 1. The number of nitrogens with zero attached hydrogens (tertiary/aromatic N) is 3. The molecule has 0 bridgehead atoms. The molecule has 0 aliphatic carbocycles. The number of rotatable bonds is 8. The number of halogens is 1. The van der Waals surface area contributed by atoms with Crippen LogP contribution in [0.2, 0.25) is 0 Å². The van der Waals surface area contributed by atoms with Crippen molar-refractivity contribution in [3.05, 3.63) is 96.1 Å². The fraction of sp³-hybridized carbons (Fsp3) is 0.286. The second-order valence-electron chi connectivity index (χ2n) is 8.52. The van der Waals surface area contributed by atoms with E-state index in [-0.39, 0.29) is 24.2 Å². The average molecular weight is 508 g/mol. The summed E-state index contributed by atoms with van der Waals surface area (Å²) in [7, 11) is 0. The first-order valence-electron chi connectivity index (χ1n) is 11.9. The zero-order valence-electron chi connectivity index (χ0n) is 19.6. The van der Waals surface area contributed by atoms with Crippen LogP contribution in [0.3, 0.4) is 0 Å². The minimum Gasteiger partial charge on any atom is -0.379 e. The van der Waals surface area contributed by atoms with Crippen LogP contribution in [0.5, 0.6) is 0 Å². The number of carbonyl (C=O) groups is 1. The van der Waals surface area contributed by atoms with E-state index in [1.165, 1.54) is 0 Å². The Hall–Kier alpha value is -2.77. The molecule has 1 amide bonds. The molecule has 3 aromatic carbocycles. The first-order chi connectivity index (χ1) is 16.8. The Labute approximate surface area is 216 Å². The number of aromatic nitrogens is 1. The number of hydrogen-bond acceptors (Lipinski definition) is 5. The quantitative estimate of drug-likeness (QED) is 0.311. The van der Waals surface area contributed by atoms with Gasteiger partial charge in [-0.15, -0.1) is 12.4 Å². The Morgan fingerprint density at radius 2 is 1.51 bits per heavy atom. The van der Waals surface area contributed by atoms with Gasteiger partial charge in [0.1, 0.15) is 0 Å². The van der Waals surface area contributed by atoms with Gasteiger partial charge in [0.05, 0.1) is 29.3 Å². The van der Waals surface area contributed by atoms with E-state index in [1.807, 2.05) is 83.8 Å². The lowest BCUT2D eigenvalue weighted by Gasteiger charge is -2.29. The van der Waals surface area contributed by atoms with Crippen LogP contribution >= 0.6 is 23.7 Å². The molecule has 35 heavy (non-hydrogen) atoms. The van der Waals surface area contributed by atoms with Gasteiger partial charge in [0, 0.05) is 26.2 Å². The van der Waals surface area contributed by atoms with Crippen LogP contribution in [0.15, 0.2) is 84.9 Å². The van der Waals surface area contributed by atoms with Gasteiger partial charge in [0.25, 0.3) is 0 Å². The Kier molecular flexibility index (Phi) is 8.88. The minimum absolute atomic E-state index is 0. The van der Waals surface area contributed by atoms with Gasteiger partial charge in [-0.05, 0) is 29.7 Å². The predicted molar refractivity (Wildman–Crippen MR) is 146 cm³/mol. The fourth-order valence-corrected chi connectivity index (χ4v) is 5.47. The van der Waals surface area contributed by atoms with Crippen molar-refractivity contribution >= 4 is 45.0 Å². The smallest absolute Gasteiger partial charge is 0.240 e. The maximum absolute atomic E-state index is 14.3. The number of amides is 1. The molecular weight excluding hydrogens is 478 g/mol. The zero-order chi connectivity index (χ0) is 23.2. The summed E-state index contributed by atoms with van der Waals surface area (Å²) in [5.41, 5.74) is 2.93. The molecule has 0 unspecified atom stereocenters. The van der Waals surface area contributed by atoms with E-state index in [0.717, 1.165) is 65.7 Å². The topological polar surface area (TPSA) is 45.7 Å². The second kappa shape index (κ2) is 12.3. The molecule has 7 heteroatoms. The van der Waals surface area contributed by atoms with Crippen molar-refractivity contribution in [3.63, 3.8) is 0 Å². The monoisotopic (exact) mass is 507 g/mol. The third-order valence-corrected chi connectivity index (χ3v) is 7.31. The second-order valence-corrected chi connectivity index (χ2v) is 9.53. The minimum atomic E-state index is -0.377. The third-order valence-electron chi connectivity index (χ3n) is 6.25. The summed E-state index contributed by atoms with van der Waals surface area (Å²) < 4.78 is 6.58. The molecule has 5 nitrogen and oxygen atoms in total. The molecule has 1 aliphatic rings. The first kappa shape index (κ1) is 25.3. The van der Waals surface area contributed by atoms with Gasteiger partial charge in [-0.3, -0.25) is 14.6 Å². The molecule has 0 radical (unpaired) electrons. The summed E-state index contributed by atoms with van der Waals surface area (Å²) in [4.78, 5) is 23.4. The number of anilines is 1. The maximum atomic E-state index is 14.3. The molecule has 0 saturated carbocycles. The maximum Gasteiger partial charge on any atom is 0.240 e. The largest absolute Gasteiger partial charge is 0.379 e. The highest BCUT2D eigenvalue weighted by atomic mass is 35.5. The summed E-state index contributed by atoms with van der Waals surface area (Å²) in [5.74, 6) is -0.309. The van der Waals surface area contributed by atoms with Crippen LogP contribution in [0.1, 0.15) is 23.5 Å². The number of benzene rings is 3. The van der Waals surface area contributed by atoms with Crippen molar-refractivity contribution in [2.45, 2.75) is 12.3 Å². The van der Waals surface area contributed by atoms with Gasteiger partial charge in [0.15, 0.2) is 5.13 Å². The average Bonchev–Trinajstić information content (AvgIpc) is 3.32. The van der Waals surface area contributed by atoms with Gasteiger partial charge in [-0.2, -0.15) is 0 Å². The lowest BCUT2D eigenvalue weighted by molar-refractivity contribution is -0.119. The highest BCUT2D eigenvalue weighted by molar-refractivity contribution is 7.22.